The maximum absolute atomic E-state index is 4.93. The lowest BCUT2D eigenvalue weighted by atomic mass is 10.4. The summed E-state index contributed by atoms with van der Waals surface area (Å²) < 4.78 is 4.93. The summed E-state index contributed by atoms with van der Waals surface area (Å²) in [7, 11) is 0. The maximum atomic E-state index is 4.93. The zero-order chi connectivity index (χ0) is 5.40. The molecule has 2 rings (SSSR count). The molecule has 0 bridgehead atoms. The smallest absolute Gasteiger partial charge is 0.126 e. The van der Waals surface area contributed by atoms with E-state index in [1.807, 2.05) is 0 Å². The van der Waals surface area contributed by atoms with Gasteiger partial charge in [0.15, 0.2) is 0 Å². The van der Waals surface area contributed by atoms with E-state index in [9.17, 15) is 0 Å². The molecule has 0 radical (unpaired) electrons. The molecule has 4 heteroatoms. The first-order chi connectivity index (χ1) is 3.97. The molecule has 0 aromatic carbocycles. The highest BCUT2D eigenvalue weighted by atomic mass is 16.6. The third-order valence-corrected chi connectivity index (χ3v) is 1.10. The number of hydrogen-bond acceptors (Lipinski definition) is 3. The molecule has 0 aliphatic carbocycles. The molecule has 1 fully saturated rings. The van der Waals surface area contributed by atoms with Crippen LogP contribution in [0.5, 0.6) is 0 Å². The maximum Gasteiger partial charge on any atom is 0.126 e. The predicted molar refractivity (Wildman–Crippen MR) is 25.1 cm³/mol. The van der Waals surface area contributed by atoms with Crippen molar-refractivity contribution in [1.82, 2.24) is 15.4 Å². The topological polar surface area (TPSA) is 54.1 Å². The molecule has 42 valence electrons. The van der Waals surface area contributed by atoms with E-state index in [-0.39, 0.29) is 6.10 Å². The van der Waals surface area contributed by atoms with Crippen LogP contribution in [-0.2, 0) is 4.74 Å². The van der Waals surface area contributed by atoms with Crippen molar-refractivity contribution in [3.05, 3.63) is 11.9 Å². The largest absolute Gasteiger partial charge is 0.366 e. The van der Waals surface area contributed by atoms with Gasteiger partial charge in [-0.15, -0.1) is 0 Å². The van der Waals surface area contributed by atoms with Crippen molar-refractivity contribution in [2.45, 2.75) is 6.10 Å². The van der Waals surface area contributed by atoms with Gasteiger partial charge in [-0.3, -0.25) is 0 Å². The number of H-pyrrole nitrogens is 1. The summed E-state index contributed by atoms with van der Waals surface area (Å²) in [5.41, 5.74) is 0.907. The van der Waals surface area contributed by atoms with E-state index < -0.39 is 0 Å². The van der Waals surface area contributed by atoms with Crippen LogP contribution in [-0.4, -0.2) is 22.0 Å². The zero-order valence-electron chi connectivity index (χ0n) is 4.16. The number of rotatable bonds is 1. The van der Waals surface area contributed by atoms with Crippen molar-refractivity contribution in [2.24, 2.45) is 0 Å². The van der Waals surface area contributed by atoms with Crippen LogP contribution < -0.4 is 0 Å². The van der Waals surface area contributed by atoms with Crippen molar-refractivity contribution < 1.29 is 4.74 Å². The Morgan fingerprint density at radius 1 is 1.88 bits per heavy atom. The fourth-order valence-corrected chi connectivity index (χ4v) is 0.584. The van der Waals surface area contributed by atoms with Gasteiger partial charge < -0.3 is 4.74 Å². The zero-order valence-corrected chi connectivity index (χ0v) is 4.16. The van der Waals surface area contributed by atoms with E-state index in [2.05, 4.69) is 15.4 Å². The van der Waals surface area contributed by atoms with Crippen molar-refractivity contribution >= 4 is 0 Å². The lowest BCUT2D eigenvalue weighted by Gasteiger charge is -1.75. The van der Waals surface area contributed by atoms with Gasteiger partial charge in [0.2, 0.25) is 0 Å². The summed E-state index contributed by atoms with van der Waals surface area (Å²) in [6.07, 6.45) is 1.91. The van der Waals surface area contributed by atoms with Crippen LogP contribution >= 0.6 is 0 Å². The Labute approximate surface area is 45.9 Å². The molecule has 1 unspecified atom stereocenters. The van der Waals surface area contributed by atoms with E-state index in [0.717, 1.165) is 12.3 Å². The van der Waals surface area contributed by atoms with Crippen molar-refractivity contribution in [3.63, 3.8) is 0 Å². The van der Waals surface area contributed by atoms with E-state index in [1.54, 1.807) is 6.20 Å². The molecular weight excluding hydrogens is 106 g/mol. The Hall–Kier alpha value is -0.900. The normalized spacial score (nSPS) is 25.8. The molecule has 0 amide bonds. The SMILES string of the molecule is c1n[nH]nc1C1CO1. The molecule has 1 N–H and O–H groups in total. The molecule has 1 aromatic rings. The molecule has 2 heterocycles. The van der Waals surface area contributed by atoms with Gasteiger partial charge in [0.25, 0.3) is 0 Å². The standard InChI is InChI=1S/C4H5N3O/c1-3(4-2-8-4)6-7-5-1/h1,4H,2H2,(H,5,6,7). The summed E-state index contributed by atoms with van der Waals surface area (Å²) >= 11 is 0. The van der Waals surface area contributed by atoms with Gasteiger partial charge in [-0.25, -0.2) is 0 Å². The highest BCUT2D eigenvalue weighted by molar-refractivity contribution is 5.01. The fraction of sp³-hybridized carbons (Fsp3) is 0.500. The Kier molecular flexibility index (Phi) is 0.648. The molecule has 0 saturated carbocycles. The van der Waals surface area contributed by atoms with Crippen LogP contribution in [0.15, 0.2) is 6.20 Å². The minimum atomic E-state index is 0.230. The lowest BCUT2D eigenvalue weighted by Crippen LogP contribution is -1.77. The minimum Gasteiger partial charge on any atom is -0.366 e. The van der Waals surface area contributed by atoms with E-state index >= 15 is 0 Å². The van der Waals surface area contributed by atoms with E-state index in [0.29, 0.717) is 0 Å². The highest BCUT2D eigenvalue weighted by Crippen LogP contribution is 2.26. The summed E-state index contributed by atoms with van der Waals surface area (Å²) in [5.74, 6) is 0. The van der Waals surface area contributed by atoms with Crippen LogP contribution in [0.1, 0.15) is 11.8 Å². The first-order valence-corrected chi connectivity index (χ1v) is 2.44. The van der Waals surface area contributed by atoms with Gasteiger partial charge in [-0.05, 0) is 0 Å². The number of nitrogens with one attached hydrogen (secondary N) is 1. The molecule has 0 spiro atoms. The van der Waals surface area contributed by atoms with Crippen LogP contribution in [0.2, 0.25) is 0 Å². The molecule has 1 aliphatic rings. The predicted octanol–water partition coefficient (Wildman–Crippen LogP) is -0.124. The number of epoxide rings is 1. The number of ether oxygens (including phenoxy) is 1. The van der Waals surface area contributed by atoms with Gasteiger partial charge in [0.05, 0.1) is 12.8 Å². The number of aromatic nitrogens is 3. The average Bonchev–Trinajstić information content (AvgIpc) is 2.49. The second-order valence-electron chi connectivity index (χ2n) is 1.72. The third kappa shape index (κ3) is 0.500. The molecule has 4 nitrogen and oxygen atoms in total. The Bertz CT molecular complexity index is 167. The van der Waals surface area contributed by atoms with Crippen LogP contribution in [0.25, 0.3) is 0 Å². The monoisotopic (exact) mass is 111 g/mol. The molecule has 8 heavy (non-hydrogen) atoms. The van der Waals surface area contributed by atoms with Crippen molar-refractivity contribution in [1.29, 1.82) is 0 Å². The summed E-state index contributed by atoms with van der Waals surface area (Å²) in [5, 5.41) is 9.96. The van der Waals surface area contributed by atoms with Gasteiger partial charge in [-0.2, -0.15) is 15.4 Å². The molecule has 1 saturated heterocycles. The molecular formula is C4H5N3O. The van der Waals surface area contributed by atoms with Crippen LogP contribution in [0.4, 0.5) is 0 Å². The lowest BCUT2D eigenvalue weighted by molar-refractivity contribution is 0.411. The van der Waals surface area contributed by atoms with E-state index in [1.165, 1.54) is 0 Å². The number of hydrogen-bond donors (Lipinski definition) is 1. The van der Waals surface area contributed by atoms with Gasteiger partial charge in [0.1, 0.15) is 11.8 Å². The van der Waals surface area contributed by atoms with E-state index in [4.69, 9.17) is 4.74 Å². The van der Waals surface area contributed by atoms with Crippen molar-refractivity contribution in [2.75, 3.05) is 6.61 Å². The van der Waals surface area contributed by atoms with Crippen LogP contribution in [0.3, 0.4) is 0 Å². The first kappa shape index (κ1) is 4.03. The minimum absolute atomic E-state index is 0.230. The Morgan fingerprint density at radius 3 is 3.25 bits per heavy atom. The fourth-order valence-electron chi connectivity index (χ4n) is 0.584. The van der Waals surface area contributed by atoms with Gasteiger partial charge in [-0.1, -0.05) is 0 Å². The summed E-state index contributed by atoms with van der Waals surface area (Å²) in [6.45, 7) is 0.798. The second-order valence-corrected chi connectivity index (χ2v) is 1.72. The van der Waals surface area contributed by atoms with Crippen LogP contribution in [0, 0.1) is 0 Å². The highest BCUT2D eigenvalue weighted by Gasteiger charge is 2.26. The first-order valence-electron chi connectivity index (χ1n) is 2.44. The number of aromatic amines is 1. The third-order valence-electron chi connectivity index (χ3n) is 1.10. The molecule has 1 aromatic heterocycles. The Morgan fingerprint density at radius 2 is 2.75 bits per heavy atom. The Balaban J connectivity index is 2.28. The van der Waals surface area contributed by atoms with Gasteiger partial charge in [0, 0.05) is 0 Å². The second kappa shape index (κ2) is 1.29. The summed E-state index contributed by atoms with van der Waals surface area (Å²) in [4.78, 5) is 0. The quantitative estimate of drug-likeness (QED) is 0.514. The van der Waals surface area contributed by atoms with Gasteiger partial charge >= 0.3 is 0 Å². The summed E-state index contributed by atoms with van der Waals surface area (Å²) in [6, 6.07) is 0. The molecule has 1 aliphatic heterocycles. The average molecular weight is 111 g/mol. The molecule has 1 atom stereocenters. The van der Waals surface area contributed by atoms with Crippen molar-refractivity contribution in [3.8, 4) is 0 Å². The number of nitrogens with zero attached hydrogens (tertiary/aromatic N) is 2.